The molecular weight excluding hydrogens is 358 g/mol. The van der Waals surface area contributed by atoms with Crippen LogP contribution < -0.4 is 0 Å². The minimum absolute atomic E-state index is 0.131. The molecule has 3 rings (SSSR count). The van der Waals surface area contributed by atoms with Crippen LogP contribution in [0.3, 0.4) is 0 Å². The second kappa shape index (κ2) is 4.86. The maximum absolute atomic E-state index is 5.75. The van der Waals surface area contributed by atoms with Crippen LogP contribution in [0.25, 0.3) is 22.6 Å². The number of aromatic nitrogens is 1. The number of rotatable bonds is 2. The second-order valence-corrected chi connectivity index (χ2v) is 6.97. The third kappa shape index (κ3) is 2.22. The van der Waals surface area contributed by atoms with Crippen LogP contribution in [-0.2, 0) is 0 Å². The summed E-state index contributed by atoms with van der Waals surface area (Å²) in [7, 11) is 0. The van der Waals surface area contributed by atoms with Gasteiger partial charge in [0.15, 0.2) is 5.58 Å². The van der Waals surface area contributed by atoms with Crippen LogP contribution in [0.4, 0.5) is 0 Å². The minimum atomic E-state index is 0.131. The van der Waals surface area contributed by atoms with Crippen LogP contribution in [0.2, 0.25) is 0 Å². The van der Waals surface area contributed by atoms with Crippen molar-refractivity contribution in [3.8, 4) is 11.5 Å². The zero-order valence-corrected chi connectivity index (χ0v) is 12.5. The summed E-state index contributed by atoms with van der Waals surface area (Å²) in [6.45, 7) is 0. The van der Waals surface area contributed by atoms with Gasteiger partial charge < -0.3 is 4.42 Å². The van der Waals surface area contributed by atoms with Crippen molar-refractivity contribution in [1.29, 1.82) is 0 Å². The Kier molecular flexibility index (Phi) is 3.22. The van der Waals surface area contributed by atoms with Gasteiger partial charge in [-0.2, -0.15) is 0 Å². The lowest BCUT2D eigenvalue weighted by molar-refractivity contribution is 0.620. The molecule has 0 aliphatic rings. The summed E-state index contributed by atoms with van der Waals surface area (Å²) in [5.74, 6) is 0.656. The van der Waals surface area contributed by atoms with Gasteiger partial charge in [-0.25, -0.2) is 4.98 Å². The average molecular weight is 367 g/mol. The topological polar surface area (TPSA) is 26.0 Å². The van der Waals surface area contributed by atoms with Crippen LogP contribution in [0.15, 0.2) is 52.9 Å². The van der Waals surface area contributed by atoms with Crippen LogP contribution in [0, 0.1) is 0 Å². The molecule has 1 aromatic heterocycles. The fourth-order valence-corrected chi connectivity index (χ4v) is 2.35. The summed E-state index contributed by atoms with van der Waals surface area (Å²) in [6.07, 6.45) is 0. The van der Waals surface area contributed by atoms with E-state index < -0.39 is 0 Å². The van der Waals surface area contributed by atoms with Crippen LogP contribution in [-0.4, -0.2) is 4.98 Å². The van der Waals surface area contributed by atoms with Gasteiger partial charge in [-0.3, -0.25) is 0 Å². The van der Waals surface area contributed by atoms with E-state index in [-0.39, 0.29) is 3.74 Å². The summed E-state index contributed by atoms with van der Waals surface area (Å²) in [5, 5.41) is 0. The predicted molar refractivity (Wildman–Crippen MR) is 80.0 cm³/mol. The van der Waals surface area contributed by atoms with Crippen LogP contribution >= 0.6 is 31.9 Å². The molecule has 0 spiro atoms. The van der Waals surface area contributed by atoms with Crippen molar-refractivity contribution in [2.24, 2.45) is 0 Å². The van der Waals surface area contributed by atoms with E-state index in [9.17, 15) is 0 Å². The molecule has 1 heterocycles. The standard InChI is InChI=1S/C14H9Br2NO/c15-13(16)10-6-7-12-11(8-10)17-14(18-12)9-4-2-1-3-5-9/h1-8,13H. The number of nitrogens with zero attached hydrogens (tertiary/aromatic N) is 1. The molecule has 18 heavy (non-hydrogen) atoms. The Morgan fingerprint density at radius 3 is 2.50 bits per heavy atom. The number of alkyl halides is 2. The highest BCUT2D eigenvalue weighted by molar-refractivity contribution is 9.24. The highest BCUT2D eigenvalue weighted by Crippen LogP contribution is 2.32. The fraction of sp³-hybridized carbons (Fsp3) is 0.0714. The van der Waals surface area contributed by atoms with E-state index in [2.05, 4.69) is 36.8 Å². The molecule has 0 unspecified atom stereocenters. The molecule has 0 bridgehead atoms. The lowest BCUT2D eigenvalue weighted by Crippen LogP contribution is -1.79. The van der Waals surface area contributed by atoms with Gasteiger partial charge in [0.05, 0.1) is 3.74 Å². The Labute approximate surface area is 121 Å². The first-order chi connectivity index (χ1) is 8.74. The first-order valence-corrected chi connectivity index (χ1v) is 7.31. The number of hydrogen-bond donors (Lipinski definition) is 0. The Hall–Kier alpha value is -1.13. The number of hydrogen-bond acceptors (Lipinski definition) is 2. The summed E-state index contributed by atoms with van der Waals surface area (Å²) < 4.78 is 5.88. The summed E-state index contributed by atoms with van der Waals surface area (Å²) in [6, 6.07) is 15.9. The molecule has 4 heteroatoms. The molecule has 0 saturated carbocycles. The molecule has 2 aromatic carbocycles. The highest BCUT2D eigenvalue weighted by Gasteiger charge is 2.10. The Bertz CT molecular complexity index is 677. The summed E-state index contributed by atoms with van der Waals surface area (Å²) in [5.41, 5.74) is 3.79. The summed E-state index contributed by atoms with van der Waals surface area (Å²) >= 11 is 6.96. The van der Waals surface area contributed by atoms with Crippen molar-refractivity contribution < 1.29 is 4.42 Å². The van der Waals surface area contributed by atoms with Crippen molar-refractivity contribution >= 4 is 43.0 Å². The van der Waals surface area contributed by atoms with E-state index >= 15 is 0 Å². The van der Waals surface area contributed by atoms with Gasteiger partial charge in [-0.05, 0) is 29.8 Å². The number of benzene rings is 2. The van der Waals surface area contributed by atoms with Gasteiger partial charge in [0, 0.05) is 5.56 Å². The first kappa shape index (κ1) is 11.9. The van der Waals surface area contributed by atoms with Crippen molar-refractivity contribution in [3.63, 3.8) is 0 Å². The normalized spacial score (nSPS) is 11.3. The third-order valence-electron chi connectivity index (χ3n) is 2.68. The van der Waals surface area contributed by atoms with Crippen molar-refractivity contribution in [2.45, 2.75) is 3.74 Å². The molecule has 0 fully saturated rings. The van der Waals surface area contributed by atoms with E-state index in [1.807, 2.05) is 48.5 Å². The Morgan fingerprint density at radius 2 is 1.78 bits per heavy atom. The van der Waals surface area contributed by atoms with E-state index in [1.54, 1.807) is 0 Å². The first-order valence-electron chi connectivity index (χ1n) is 5.48. The molecule has 0 saturated heterocycles. The minimum Gasteiger partial charge on any atom is -0.436 e. The van der Waals surface area contributed by atoms with E-state index in [4.69, 9.17) is 4.42 Å². The molecule has 0 aliphatic carbocycles. The third-order valence-corrected chi connectivity index (χ3v) is 3.74. The Morgan fingerprint density at radius 1 is 1.00 bits per heavy atom. The van der Waals surface area contributed by atoms with Crippen molar-refractivity contribution in [2.75, 3.05) is 0 Å². The average Bonchev–Trinajstić information content (AvgIpc) is 2.82. The summed E-state index contributed by atoms with van der Waals surface area (Å²) in [4.78, 5) is 4.52. The number of halogens is 2. The highest BCUT2D eigenvalue weighted by atomic mass is 79.9. The maximum Gasteiger partial charge on any atom is 0.227 e. The van der Waals surface area contributed by atoms with Gasteiger partial charge >= 0.3 is 0 Å². The van der Waals surface area contributed by atoms with Crippen LogP contribution in [0.1, 0.15) is 9.30 Å². The number of oxazole rings is 1. The second-order valence-electron chi connectivity index (χ2n) is 3.91. The lowest BCUT2D eigenvalue weighted by atomic mass is 10.2. The van der Waals surface area contributed by atoms with Gasteiger partial charge in [0.25, 0.3) is 0 Å². The molecule has 0 aliphatic heterocycles. The van der Waals surface area contributed by atoms with Crippen LogP contribution in [0.5, 0.6) is 0 Å². The molecule has 0 N–H and O–H groups in total. The van der Waals surface area contributed by atoms with E-state index in [1.165, 1.54) is 0 Å². The lowest BCUT2D eigenvalue weighted by Gasteiger charge is -1.99. The molecule has 2 nitrogen and oxygen atoms in total. The molecule has 3 aromatic rings. The van der Waals surface area contributed by atoms with E-state index in [0.717, 1.165) is 22.2 Å². The quantitative estimate of drug-likeness (QED) is 0.576. The zero-order chi connectivity index (χ0) is 12.5. The predicted octanol–water partition coefficient (Wildman–Crippen LogP) is 5.28. The number of fused-ring (bicyclic) bond motifs is 1. The monoisotopic (exact) mass is 365 g/mol. The molecular formula is C14H9Br2NO. The van der Waals surface area contributed by atoms with Gasteiger partial charge in [0.2, 0.25) is 5.89 Å². The van der Waals surface area contributed by atoms with Crippen molar-refractivity contribution in [3.05, 3.63) is 54.1 Å². The molecule has 0 amide bonds. The zero-order valence-electron chi connectivity index (χ0n) is 9.31. The molecule has 0 atom stereocenters. The molecule has 0 radical (unpaired) electrons. The van der Waals surface area contributed by atoms with Crippen molar-refractivity contribution in [1.82, 2.24) is 4.98 Å². The SMILES string of the molecule is BrC(Br)c1ccc2oc(-c3ccccc3)nc2c1. The Balaban J connectivity index is 2.11. The fourth-order valence-electron chi connectivity index (χ4n) is 1.78. The molecule has 90 valence electrons. The van der Waals surface area contributed by atoms with Gasteiger partial charge in [0.1, 0.15) is 5.52 Å². The smallest absolute Gasteiger partial charge is 0.227 e. The van der Waals surface area contributed by atoms with Gasteiger partial charge in [-0.1, -0.05) is 56.1 Å². The largest absolute Gasteiger partial charge is 0.436 e. The van der Waals surface area contributed by atoms with E-state index in [0.29, 0.717) is 5.89 Å². The van der Waals surface area contributed by atoms with Gasteiger partial charge in [-0.15, -0.1) is 0 Å². The maximum atomic E-state index is 5.75.